The van der Waals surface area contributed by atoms with E-state index in [2.05, 4.69) is 20.6 Å². The summed E-state index contributed by atoms with van der Waals surface area (Å²) in [7, 11) is 0. The van der Waals surface area contributed by atoms with Crippen molar-refractivity contribution in [3.63, 3.8) is 0 Å². The molecule has 2 aromatic heterocycles. The average molecular weight is 217 g/mol. The van der Waals surface area contributed by atoms with E-state index >= 15 is 0 Å². The summed E-state index contributed by atoms with van der Waals surface area (Å²) in [5.74, 6) is 0. The van der Waals surface area contributed by atoms with Crippen LogP contribution >= 0.6 is 0 Å². The highest BCUT2D eigenvalue weighted by Gasteiger charge is 2.18. The summed E-state index contributed by atoms with van der Waals surface area (Å²) in [4.78, 5) is 11.8. The number of aromatic nitrogens is 6. The molecule has 0 amide bonds. The SMILES string of the molecule is CCc1c(C#N)nnn1C(=O)n1ccnn1. The van der Waals surface area contributed by atoms with Crippen molar-refractivity contribution in [2.24, 2.45) is 0 Å². The highest BCUT2D eigenvalue weighted by molar-refractivity contribution is 5.78. The normalized spacial score (nSPS) is 10.0. The molecule has 0 saturated heterocycles. The Morgan fingerprint density at radius 1 is 1.56 bits per heavy atom. The van der Waals surface area contributed by atoms with E-state index in [1.807, 2.05) is 13.0 Å². The molecular formula is C8H7N7O. The van der Waals surface area contributed by atoms with Gasteiger partial charge in [0.05, 0.1) is 18.1 Å². The zero-order chi connectivity index (χ0) is 11.5. The molecule has 2 rings (SSSR count). The van der Waals surface area contributed by atoms with Gasteiger partial charge in [0.1, 0.15) is 6.07 Å². The average Bonchev–Trinajstić information content (AvgIpc) is 2.96. The van der Waals surface area contributed by atoms with Crippen LogP contribution in [0.2, 0.25) is 0 Å². The molecule has 0 aliphatic rings. The molecule has 8 nitrogen and oxygen atoms in total. The lowest BCUT2D eigenvalue weighted by molar-refractivity contribution is 0.236. The fourth-order valence-corrected chi connectivity index (χ4v) is 1.27. The van der Waals surface area contributed by atoms with Gasteiger partial charge in [0.2, 0.25) is 0 Å². The molecule has 0 aliphatic heterocycles. The molecule has 0 fully saturated rings. The van der Waals surface area contributed by atoms with E-state index < -0.39 is 6.03 Å². The third-order valence-electron chi connectivity index (χ3n) is 2.00. The minimum atomic E-state index is -0.511. The predicted octanol–water partition coefficient (Wildman–Crippen LogP) is -0.180. The van der Waals surface area contributed by atoms with E-state index in [0.29, 0.717) is 12.1 Å². The van der Waals surface area contributed by atoms with Crippen LogP contribution in [0.25, 0.3) is 0 Å². The number of carbonyl (C=O) groups excluding carboxylic acids is 1. The third-order valence-corrected chi connectivity index (χ3v) is 2.00. The fourth-order valence-electron chi connectivity index (χ4n) is 1.27. The van der Waals surface area contributed by atoms with Crippen LogP contribution in [0.15, 0.2) is 12.4 Å². The van der Waals surface area contributed by atoms with E-state index in [9.17, 15) is 4.79 Å². The zero-order valence-electron chi connectivity index (χ0n) is 8.40. The molecule has 0 spiro atoms. The summed E-state index contributed by atoms with van der Waals surface area (Å²) in [6.07, 6.45) is 3.26. The van der Waals surface area contributed by atoms with Crippen LogP contribution in [0.3, 0.4) is 0 Å². The summed E-state index contributed by atoms with van der Waals surface area (Å²) in [5, 5.41) is 23.1. The Morgan fingerprint density at radius 2 is 2.38 bits per heavy atom. The molecule has 0 atom stereocenters. The maximum atomic E-state index is 11.8. The molecule has 0 bridgehead atoms. The van der Waals surface area contributed by atoms with Crippen molar-refractivity contribution < 1.29 is 4.79 Å². The van der Waals surface area contributed by atoms with E-state index in [-0.39, 0.29) is 5.69 Å². The molecule has 0 aliphatic carbocycles. The number of hydrogen-bond donors (Lipinski definition) is 0. The monoisotopic (exact) mass is 217 g/mol. The first-order valence-electron chi connectivity index (χ1n) is 4.53. The molecule has 16 heavy (non-hydrogen) atoms. The van der Waals surface area contributed by atoms with Crippen molar-refractivity contribution in [1.82, 2.24) is 30.0 Å². The second kappa shape index (κ2) is 3.90. The smallest absolute Gasteiger partial charge is 0.243 e. The van der Waals surface area contributed by atoms with Crippen molar-refractivity contribution in [3.05, 3.63) is 23.8 Å². The predicted molar refractivity (Wildman–Crippen MR) is 50.3 cm³/mol. The molecule has 0 unspecified atom stereocenters. The molecule has 2 aromatic rings. The van der Waals surface area contributed by atoms with Gasteiger partial charge in [-0.05, 0) is 6.42 Å². The summed E-state index contributed by atoms with van der Waals surface area (Å²) < 4.78 is 2.07. The van der Waals surface area contributed by atoms with Gasteiger partial charge in [-0.1, -0.05) is 17.4 Å². The van der Waals surface area contributed by atoms with Crippen molar-refractivity contribution in [3.8, 4) is 6.07 Å². The van der Waals surface area contributed by atoms with Gasteiger partial charge in [-0.15, -0.1) is 10.2 Å². The largest absolute Gasteiger partial charge is 0.372 e. The van der Waals surface area contributed by atoms with Crippen LogP contribution < -0.4 is 0 Å². The lowest BCUT2D eigenvalue weighted by atomic mass is 10.3. The van der Waals surface area contributed by atoms with Gasteiger partial charge in [0.25, 0.3) is 0 Å². The van der Waals surface area contributed by atoms with Crippen LogP contribution in [0.5, 0.6) is 0 Å². The van der Waals surface area contributed by atoms with Gasteiger partial charge in [0, 0.05) is 0 Å². The fraction of sp³-hybridized carbons (Fsp3) is 0.250. The molecule has 0 N–H and O–H groups in total. The summed E-state index contributed by atoms with van der Waals surface area (Å²) in [6, 6.07) is 1.36. The first-order valence-corrected chi connectivity index (χ1v) is 4.53. The number of nitriles is 1. The quantitative estimate of drug-likeness (QED) is 0.656. The number of rotatable bonds is 1. The van der Waals surface area contributed by atoms with Gasteiger partial charge >= 0.3 is 6.03 Å². The summed E-state index contributed by atoms with van der Waals surface area (Å²) in [6.45, 7) is 1.81. The van der Waals surface area contributed by atoms with E-state index in [0.717, 1.165) is 9.36 Å². The van der Waals surface area contributed by atoms with Crippen LogP contribution in [0.1, 0.15) is 18.3 Å². The second-order valence-electron chi connectivity index (χ2n) is 2.89. The van der Waals surface area contributed by atoms with Gasteiger partial charge in [-0.3, -0.25) is 0 Å². The van der Waals surface area contributed by atoms with E-state index in [1.165, 1.54) is 12.4 Å². The molecule has 0 radical (unpaired) electrons. The molecule has 2 heterocycles. The Hall–Kier alpha value is -2.56. The number of nitrogens with zero attached hydrogens (tertiary/aromatic N) is 7. The van der Waals surface area contributed by atoms with Crippen molar-refractivity contribution in [2.45, 2.75) is 13.3 Å². The van der Waals surface area contributed by atoms with Gasteiger partial charge in [0.15, 0.2) is 5.69 Å². The highest BCUT2D eigenvalue weighted by Crippen LogP contribution is 2.05. The first kappa shape index (κ1) is 9.97. The minimum Gasteiger partial charge on any atom is -0.243 e. The lowest BCUT2D eigenvalue weighted by Gasteiger charge is -2.01. The van der Waals surface area contributed by atoms with E-state index in [4.69, 9.17) is 5.26 Å². The summed E-state index contributed by atoms with van der Waals surface area (Å²) in [5.41, 5.74) is 0.610. The van der Waals surface area contributed by atoms with Crippen LogP contribution in [0, 0.1) is 11.3 Å². The maximum absolute atomic E-state index is 11.8. The Kier molecular flexibility index (Phi) is 2.43. The Bertz CT molecular complexity index is 547. The molecule has 0 aromatic carbocycles. The Labute approximate surface area is 90.1 Å². The molecular weight excluding hydrogens is 210 g/mol. The Balaban J connectivity index is 2.46. The zero-order valence-corrected chi connectivity index (χ0v) is 8.40. The highest BCUT2D eigenvalue weighted by atomic mass is 16.2. The Morgan fingerprint density at radius 3 is 2.94 bits per heavy atom. The second-order valence-corrected chi connectivity index (χ2v) is 2.89. The topological polar surface area (TPSA) is 102 Å². The van der Waals surface area contributed by atoms with E-state index in [1.54, 1.807) is 0 Å². The van der Waals surface area contributed by atoms with Crippen molar-refractivity contribution in [1.29, 1.82) is 5.26 Å². The summed E-state index contributed by atoms with van der Waals surface area (Å²) >= 11 is 0. The standard InChI is InChI=1S/C8H7N7O/c1-2-7-6(5-9)11-13-15(7)8(16)14-4-3-10-12-14/h3-4H,2H2,1H3. The van der Waals surface area contributed by atoms with Crippen LogP contribution in [-0.2, 0) is 6.42 Å². The van der Waals surface area contributed by atoms with Gasteiger partial charge < -0.3 is 0 Å². The minimum absolute atomic E-state index is 0.149. The number of hydrogen-bond acceptors (Lipinski definition) is 6. The molecule has 8 heteroatoms. The third kappa shape index (κ3) is 1.44. The van der Waals surface area contributed by atoms with Crippen LogP contribution in [0.4, 0.5) is 4.79 Å². The van der Waals surface area contributed by atoms with Crippen molar-refractivity contribution in [2.75, 3.05) is 0 Å². The maximum Gasteiger partial charge on any atom is 0.372 e. The molecule has 0 saturated carbocycles. The molecule has 80 valence electrons. The number of carbonyl (C=O) groups is 1. The lowest BCUT2D eigenvalue weighted by Crippen LogP contribution is -2.23. The van der Waals surface area contributed by atoms with Gasteiger partial charge in [-0.2, -0.15) is 14.6 Å². The van der Waals surface area contributed by atoms with Crippen molar-refractivity contribution >= 4 is 6.03 Å². The van der Waals surface area contributed by atoms with Gasteiger partial charge in [-0.25, -0.2) is 4.79 Å². The first-order chi connectivity index (χ1) is 7.77. The van der Waals surface area contributed by atoms with Crippen LogP contribution in [-0.4, -0.2) is 36.0 Å².